The number of rotatable bonds is 6. The number of nitrogens with zero attached hydrogens (tertiary/aromatic N) is 6. The Hall–Kier alpha value is -8.98. The van der Waals surface area contributed by atoms with Gasteiger partial charge < -0.3 is 9.13 Å². The Morgan fingerprint density at radius 2 is 0.703 bits per heavy atom. The SMILES string of the molecule is N#Cc1ccc(-n2c3ccc(C(F)(F)F)cc3c3cc(C(F)(F)F)ccc32)c(-c2ccc(-c3nc(-c4ccccc4)nc(-c4ccccc4)n3)cc2-n2c3ccc(C(F)(F)F)cc3c3cc(C(F)(F)F)ccc32)c1. The van der Waals surface area contributed by atoms with Crippen molar-refractivity contribution in [3.05, 3.63) is 198 Å². The fourth-order valence-electron chi connectivity index (χ4n) is 9.31. The predicted octanol–water partition coefficient (Wildman–Crippen LogP) is 16.7. The Balaban J connectivity index is 1.26. The van der Waals surface area contributed by atoms with Crippen molar-refractivity contribution in [2.45, 2.75) is 24.7 Å². The van der Waals surface area contributed by atoms with E-state index in [4.69, 9.17) is 15.0 Å². The van der Waals surface area contributed by atoms with Crippen LogP contribution in [0.25, 0.3) is 100 Å². The third kappa shape index (κ3) is 8.29. The van der Waals surface area contributed by atoms with E-state index in [1.807, 2.05) is 0 Å². The highest BCUT2D eigenvalue weighted by Crippen LogP contribution is 2.46. The molecule has 0 N–H and O–H groups in total. The number of fused-ring (bicyclic) bond motifs is 6. The number of halogens is 12. The average Bonchev–Trinajstić information content (AvgIpc) is 3.90. The zero-order valence-corrected chi connectivity index (χ0v) is 37.4. The van der Waals surface area contributed by atoms with Gasteiger partial charge in [-0.1, -0.05) is 72.8 Å². The maximum Gasteiger partial charge on any atom is 0.416 e. The molecule has 8 aromatic carbocycles. The van der Waals surface area contributed by atoms with Crippen LogP contribution in [-0.4, -0.2) is 24.1 Å². The van der Waals surface area contributed by atoms with E-state index < -0.39 is 47.0 Å². The van der Waals surface area contributed by atoms with Crippen molar-refractivity contribution in [2.24, 2.45) is 0 Å². The van der Waals surface area contributed by atoms with Crippen LogP contribution in [-0.2, 0) is 24.7 Å². The lowest BCUT2D eigenvalue weighted by atomic mass is 9.96. The summed E-state index contributed by atoms with van der Waals surface area (Å²) in [6.45, 7) is 0. The van der Waals surface area contributed by atoms with Crippen LogP contribution in [0, 0.1) is 11.3 Å². The van der Waals surface area contributed by atoms with Gasteiger partial charge in [0.15, 0.2) is 17.5 Å². The summed E-state index contributed by atoms with van der Waals surface area (Å²) in [5.74, 6) is 0.572. The zero-order valence-electron chi connectivity index (χ0n) is 37.4. The van der Waals surface area contributed by atoms with Crippen molar-refractivity contribution < 1.29 is 52.7 Å². The van der Waals surface area contributed by atoms with Crippen LogP contribution >= 0.6 is 0 Å². The van der Waals surface area contributed by atoms with Gasteiger partial charge in [-0.2, -0.15) is 57.9 Å². The Labute approximate surface area is 409 Å². The summed E-state index contributed by atoms with van der Waals surface area (Å²) in [6.07, 6.45) is -19.6. The lowest BCUT2D eigenvalue weighted by molar-refractivity contribution is -0.138. The molecule has 3 heterocycles. The number of nitriles is 1. The molecular formula is C56H28F12N6. The fourth-order valence-corrected chi connectivity index (χ4v) is 9.31. The molecular weight excluding hydrogens is 985 g/mol. The van der Waals surface area contributed by atoms with Crippen LogP contribution in [0.3, 0.4) is 0 Å². The monoisotopic (exact) mass is 1010 g/mol. The van der Waals surface area contributed by atoms with Crippen molar-refractivity contribution in [1.29, 1.82) is 5.26 Å². The second-order valence-corrected chi connectivity index (χ2v) is 17.2. The smallest absolute Gasteiger partial charge is 0.309 e. The average molecular weight is 1010 g/mol. The minimum absolute atomic E-state index is 0.00512. The van der Waals surface area contributed by atoms with Crippen LogP contribution in [0.15, 0.2) is 170 Å². The summed E-state index contributed by atoms with van der Waals surface area (Å²) in [4.78, 5) is 14.4. The second-order valence-electron chi connectivity index (χ2n) is 17.2. The summed E-state index contributed by atoms with van der Waals surface area (Å²) in [7, 11) is 0. The van der Waals surface area contributed by atoms with Gasteiger partial charge in [0.2, 0.25) is 0 Å². The molecule has 18 heteroatoms. The Kier molecular flexibility index (Phi) is 10.9. The van der Waals surface area contributed by atoms with Crippen LogP contribution in [0.5, 0.6) is 0 Å². The maximum atomic E-state index is 14.4. The van der Waals surface area contributed by atoms with E-state index in [0.717, 1.165) is 72.8 Å². The number of aromatic nitrogens is 5. The molecule has 0 saturated heterocycles. The first-order valence-electron chi connectivity index (χ1n) is 22.2. The molecule has 3 aromatic heterocycles. The van der Waals surface area contributed by atoms with Gasteiger partial charge in [0.1, 0.15) is 0 Å². The third-order valence-corrected chi connectivity index (χ3v) is 12.7. The van der Waals surface area contributed by atoms with Crippen LogP contribution in [0.4, 0.5) is 52.7 Å². The molecule has 11 aromatic rings. The maximum absolute atomic E-state index is 14.4. The molecule has 6 nitrogen and oxygen atoms in total. The molecule has 0 bridgehead atoms. The number of alkyl halides is 12. The normalized spacial score (nSPS) is 12.6. The van der Waals surface area contributed by atoms with Crippen LogP contribution in [0.1, 0.15) is 27.8 Å². The largest absolute Gasteiger partial charge is 0.416 e. The zero-order chi connectivity index (χ0) is 52.1. The first-order valence-corrected chi connectivity index (χ1v) is 22.2. The molecule has 0 aliphatic heterocycles. The van der Waals surface area contributed by atoms with Crippen LogP contribution in [0.2, 0.25) is 0 Å². The standard InChI is InChI=1S/C56H28F12N6/c57-53(58,59)34-13-19-45-40(25-34)41-26-35(54(60,61)62)14-20-46(41)73(45)44-18-11-30(29-69)23-39(44)38-17-12-33(52-71-50(31-7-3-1-4-8-31)70-51(72-52)32-9-5-2-6-10-32)24-49(38)74-47-21-15-36(55(63,64)65)27-42(47)43-28-37(56(66,67)68)16-22-48(43)74/h1-28H. The highest BCUT2D eigenvalue weighted by molar-refractivity contribution is 6.12. The van der Waals surface area contributed by atoms with Crippen LogP contribution < -0.4 is 0 Å². The van der Waals surface area contributed by atoms with Crippen molar-refractivity contribution in [2.75, 3.05) is 0 Å². The summed E-state index contributed by atoms with van der Waals surface area (Å²) in [5.41, 5.74) is -2.53. The number of benzene rings is 8. The number of hydrogen-bond acceptors (Lipinski definition) is 4. The molecule has 0 fully saturated rings. The molecule has 0 atom stereocenters. The first kappa shape index (κ1) is 47.4. The molecule has 0 aliphatic carbocycles. The van der Waals surface area contributed by atoms with E-state index in [1.54, 1.807) is 78.9 Å². The topological polar surface area (TPSA) is 72.3 Å². The highest BCUT2D eigenvalue weighted by Gasteiger charge is 2.36. The minimum atomic E-state index is -4.92. The minimum Gasteiger partial charge on any atom is -0.309 e. The Bertz CT molecular complexity index is 3890. The van der Waals surface area contributed by atoms with E-state index in [-0.39, 0.29) is 94.7 Å². The molecule has 366 valence electrons. The predicted molar refractivity (Wildman–Crippen MR) is 255 cm³/mol. The highest BCUT2D eigenvalue weighted by atomic mass is 19.4. The molecule has 0 radical (unpaired) electrons. The molecule has 0 amide bonds. The van der Waals surface area contributed by atoms with Crippen molar-refractivity contribution in [1.82, 2.24) is 24.1 Å². The summed E-state index contributed by atoms with van der Waals surface area (Å²) < 4.78 is 175. The number of hydrogen-bond donors (Lipinski definition) is 0. The lowest BCUT2D eigenvalue weighted by Gasteiger charge is -2.20. The second kappa shape index (κ2) is 17.1. The third-order valence-electron chi connectivity index (χ3n) is 12.7. The Morgan fingerprint density at radius 3 is 1.07 bits per heavy atom. The molecule has 74 heavy (non-hydrogen) atoms. The lowest BCUT2D eigenvalue weighted by Crippen LogP contribution is -2.06. The van der Waals surface area contributed by atoms with Crippen molar-refractivity contribution >= 4 is 43.6 Å². The summed E-state index contributed by atoms with van der Waals surface area (Å²) in [6, 6.07) is 39.3. The molecule has 0 saturated carbocycles. The molecule has 0 unspecified atom stereocenters. The van der Waals surface area contributed by atoms with Gasteiger partial charge in [0, 0.05) is 49.4 Å². The van der Waals surface area contributed by atoms with Gasteiger partial charge in [0.25, 0.3) is 0 Å². The van der Waals surface area contributed by atoms with Crippen molar-refractivity contribution in [3.8, 4) is 62.7 Å². The van der Waals surface area contributed by atoms with Gasteiger partial charge in [-0.15, -0.1) is 0 Å². The Morgan fingerprint density at radius 1 is 0.338 bits per heavy atom. The van der Waals surface area contributed by atoms with Crippen molar-refractivity contribution in [3.63, 3.8) is 0 Å². The molecule has 0 aliphatic rings. The van der Waals surface area contributed by atoms with Gasteiger partial charge in [0.05, 0.1) is 67.3 Å². The first-order chi connectivity index (χ1) is 35.2. The van der Waals surface area contributed by atoms with Gasteiger partial charge in [-0.3, -0.25) is 0 Å². The quantitative estimate of drug-likeness (QED) is 0.156. The van der Waals surface area contributed by atoms with E-state index in [0.29, 0.717) is 11.1 Å². The fraction of sp³-hybridized carbons (Fsp3) is 0.0714. The molecule has 11 rings (SSSR count). The van der Waals surface area contributed by atoms with E-state index in [9.17, 15) is 57.9 Å². The summed E-state index contributed by atoms with van der Waals surface area (Å²) in [5, 5.41) is 9.52. The summed E-state index contributed by atoms with van der Waals surface area (Å²) >= 11 is 0. The molecule has 0 spiro atoms. The van der Waals surface area contributed by atoms with Gasteiger partial charge in [-0.25, -0.2) is 15.0 Å². The van der Waals surface area contributed by atoms with E-state index in [2.05, 4.69) is 6.07 Å². The van der Waals surface area contributed by atoms with Gasteiger partial charge in [-0.05, 0) is 97.1 Å². The van der Waals surface area contributed by atoms with E-state index in [1.165, 1.54) is 27.3 Å². The van der Waals surface area contributed by atoms with E-state index >= 15 is 0 Å². The van der Waals surface area contributed by atoms with Gasteiger partial charge >= 0.3 is 24.7 Å².